The van der Waals surface area contributed by atoms with Gasteiger partial charge in [-0.2, -0.15) is 0 Å². The maximum atomic E-state index is 11.7. The number of ether oxygens (including phenoxy) is 3. The number of carbonyl (C=O) groups is 1. The number of aliphatic hydroxyl groups excluding tert-OH is 1. The van der Waals surface area contributed by atoms with Crippen LogP contribution in [-0.4, -0.2) is 42.5 Å². The number of hydrogen-bond acceptors (Lipinski definition) is 6. The lowest BCUT2D eigenvalue weighted by molar-refractivity contribution is -0.247. The third kappa shape index (κ3) is 5.34. The molecule has 1 heterocycles. The van der Waals surface area contributed by atoms with Crippen molar-refractivity contribution in [2.24, 2.45) is 11.0 Å². The summed E-state index contributed by atoms with van der Waals surface area (Å²) in [5.74, 6) is -0.334. The van der Waals surface area contributed by atoms with E-state index in [1.165, 1.54) is 0 Å². The Kier molecular flexibility index (Phi) is 7.68. The monoisotopic (exact) mass is 364 g/mol. The SMILES string of the molecule is CCC1O[C@H](OCNC(=O)OCc2ccccc2)C(N=[N+]=[N-])[C@@H](C)[C@@H]1O. The number of nitrogens with one attached hydrogen (secondary N) is 1. The molecule has 142 valence electrons. The largest absolute Gasteiger partial charge is 0.445 e. The van der Waals surface area contributed by atoms with Crippen LogP contribution in [0.3, 0.4) is 0 Å². The smallest absolute Gasteiger partial charge is 0.409 e. The minimum atomic E-state index is -0.858. The Labute approximate surface area is 151 Å². The number of amides is 1. The first-order chi connectivity index (χ1) is 12.6. The van der Waals surface area contributed by atoms with Crippen LogP contribution in [0.4, 0.5) is 4.79 Å². The fourth-order valence-electron chi connectivity index (χ4n) is 2.77. The summed E-state index contributed by atoms with van der Waals surface area (Å²) in [5, 5.41) is 16.3. The molecular weight excluding hydrogens is 340 g/mol. The summed E-state index contributed by atoms with van der Waals surface area (Å²) < 4.78 is 16.3. The second-order valence-corrected chi connectivity index (χ2v) is 6.05. The average molecular weight is 364 g/mol. The minimum absolute atomic E-state index is 0.148. The zero-order chi connectivity index (χ0) is 18.9. The highest BCUT2D eigenvalue weighted by molar-refractivity contribution is 5.66. The van der Waals surface area contributed by atoms with E-state index in [1.54, 1.807) is 6.92 Å². The number of rotatable bonds is 7. The normalized spacial score (nSPS) is 28.0. The summed E-state index contributed by atoms with van der Waals surface area (Å²) in [5.41, 5.74) is 9.60. The minimum Gasteiger partial charge on any atom is -0.445 e. The van der Waals surface area contributed by atoms with E-state index < -0.39 is 30.6 Å². The molecule has 9 heteroatoms. The van der Waals surface area contributed by atoms with E-state index in [1.807, 2.05) is 37.3 Å². The Bertz CT molecular complexity index is 623. The molecule has 5 atom stereocenters. The predicted molar refractivity (Wildman–Crippen MR) is 92.8 cm³/mol. The summed E-state index contributed by atoms with van der Waals surface area (Å²) in [7, 11) is 0. The Morgan fingerprint density at radius 1 is 1.42 bits per heavy atom. The van der Waals surface area contributed by atoms with Crippen molar-refractivity contribution in [1.82, 2.24) is 5.32 Å². The summed E-state index contributed by atoms with van der Waals surface area (Å²) >= 11 is 0. The number of benzene rings is 1. The highest BCUT2D eigenvalue weighted by Gasteiger charge is 2.42. The zero-order valence-corrected chi connectivity index (χ0v) is 14.8. The molecule has 0 aromatic heterocycles. The van der Waals surface area contributed by atoms with E-state index in [4.69, 9.17) is 19.7 Å². The van der Waals surface area contributed by atoms with Crippen molar-refractivity contribution in [3.63, 3.8) is 0 Å². The molecular formula is C17H24N4O5. The first kappa shape index (κ1) is 20.0. The van der Waals surface area contributed by atoms with Crippen LogP contribution in [0, 0.1) is 5.92 Å². The standard InChI is InChI=1S/C17H24N4O5/c1-3-13-15(22)11(2)14(20-21-18)16(26-13)25-10-19-17(23)24-9-12-7-5-4-6-8-12/h4-8,11,13-16,22H,3,9-10H2,1-2H3,(H,19,23)/t11-,13?,14?,15+,16+/m1/s1. The van der Waals surface area contributed by atoms with Gasteiger partial charge in [-0.25, -0.2) is 4.79 Å². The number of carbonyl (C=O) groups excluding carboxylic acids is 1. The van der Waals surface area contributed by atoms with E-state index in [0.717, 1.165) is 5.56 Å². The van der Waals surface area contributed by atoms with Crippen LogP contribution in [0.2, 0.25) is 0 Å². The predicted octanol–water partition coefficient (Wildman–Crippen LogP) is 2.70. The lowest BCUT2D eigenvalue weighted by atomic mass is 9.88. The second-order valence-electron chi connectivity index (χ2n) is 6.05. The molecule has 1 amide bonds. The zero-order valence-electron chi connectivity index (χ0n) is 14.8. The first-order valence-electron chi connectivity index (χ1n) is 8.50. The van der Waals surface area contributed by atoms with Gasteiger partial charge in [-0.05, 0) is 23.4 Å². The van der Waals surface area contributed by atoms with Crippen molar-refractivity contribution < 1.29 is 24.1 Å². The third-order valence-corrected chi connectivity index (χ3v) is 4.31. The highest BCUT2D eigenvalue weighted by atomic mass is 16.7. The van der Waals surface area contributed by atoms with E-state index in [0.29, 0.717) is 6.42 Å². The molecule has 2 unspecified atom stereocenters. The van der Waals surface area contributed by atoms with E-state index in [2.05, 4.69) is 15.3 Å². The van der Waals surface area contributed by atoms with Crippen molar-refractivity contribution in [3.8, 4) is 0 Å². The van der Waals surface area contributed by atoms with Crippen molar-refractivity contribution >= 4 is 6.09 Å². The molecule has 1 aliphatic heterocycles. The van der Waals surface area contributed by atoms with Gasteiger partial charge in [0.2, 0.25) is 0 Å². The van der Waals surface area contributed by atoms with Gasteiger partial charge in [-0.1, -0.05) is 49.3 Å². The van der Waals surface area contributed by atoms with Crippen LogP contribution in [0.25, 0.3) is 10.4 Å². The van der Waals surface area contributed by atoms with Gasteiger partial charge in [-0.15, -0.1) is 0 Å². The molecule has 2 rings (SSSR count). The molecule has 1 aromatic carbocycles. The molecule has 0 aliphatic carbocycles. The number of aliphatic hydroxyl groups is 1. The lowest BCUT2D eigenvalue weighted by Gasteiger charge is -2.41. The maximum Gasteiger partial charge on any atom is 0.409 e. The van der Waals surface area contributed by atoms with E-state index in [-0.39, 0.29) is 19.3 Å². The van der Waals surface area contributed by atoms with Gasteiger partial charge in [0.15, 0.2) is 6.29 Å². The number of azide groups is 1. The van der Waals surface area contributed by atoms with Gasteiger partial charge in [0.05, 0.1) is 18.2 Å². The molecule has 1 aliphatic rings. The number of nitrogens with zero attached hydrogens (tertiary/aromatic N) is 3. The maximum absolute atomic E-state index is 11.7. The van der Waals surface area contributed by atoms with Crippen molar-refractivity contribution in [2.75, 3.05) is 6.73 Å². The van der Waals surface area contributed by atoms with Gasteiger partial charge in [0.25, 0.3) is 0 Å². The first-order valence-corrected chi connectivity index (χ1v) is 8.50. The van der Waals surface area contributed by atoms with Crippen LogP contribution in [-0.2, 0) is 20.8 Å². The molecule has 2 N–H and O–H groups in total. The molecule has 1 saturated heterocycles. The molecule has 0 radical (unpaired) electrons. The Morgan fingerprint density at radius 2 is 2.15 bits per heavy atom. The third-order valence-electron chi connectivity index (χ3n) is 4.31. The summed E-state index contributed by atoms with van der Waals surface area (Å²) in [4.78, 5) is 14.5. The Balaban J connectivity index is 1.82. The van der Waals surface area contributed by atoms with Crippen LogP contribution in [0.5, 0.6) is 0 Å². The van der Waals surface area contributed by atoms with Crippen LogP contribution in [0.15, 0.2) is 35.4 Å². The molecule has 0 saturated carbocycles. The lowest BCUT2D eigenvalue weighted by Crippen LogP contribution is -2.53. The van der Waals surface area contributed by atoms with E-state index in [9.17, 15) is 9.90 Å². The Morgan fingerprint density at radius 3 is 2.81 bits per heavy atom. The van der Waals surface area contributed by atoms with Crippen LogP contribution in [0.1, 0.15) is 25.8 Å². The molecule has 0 bridgehead atoms. The van der Waals surface area contributed by atoms with Gasteiger partial charge in [0, 0.05) is 4.91 Å². The quantitative estimate of drug-likeness (QED) is 0.333. The fourth-order valence-corrected chi connectivity index (χ4v) is 2.77. The number of alkyl carbamates (subject to hydrolysis) is 1. The summed E-state index contributed by atoms with van der Waals surface area (Å²) in [6.45, 7) is 3.63. The fraction of sp³-hybridized carbons (Fsp3) is 0.588. The highest BCUT2D eigenvalue weighted by Crippen LogP contribution is 2.30. The topological polar surface area (TPSA) is 126 Å². The van der Waals surface area contributed by atoms with Gasteiger partial charge < -0.3 is 19.3 Å². The second kappa shape index (κ2) is 9.98. The molecule has 9 nitrogen and oxygen atoms in total. The average Bonchev–Trinajstić information content (AvgIpc) is 2.66. The van der Waals surface area contributed by atoms with Gasteiger partial charge >= 0.3 is 6.09 Å². The summed E-state index contributed by atoms with van der Waals surface area (Å²) in [6.07, 6.45) is -2.08. The van der Waals surface area contributed by atoms with Gasteiger partial charge in [-0.3, -0.25) is 5.32 Å². The van der Waals surface area contributed by atoms with Gasteiger partial charge in [0.1, 0.15) is 13.3 Å². The Hall–Kier alpha value is -2.32. The van der Waals surface area contributed by atoms with Crippen LogP contribution < -0.4 is 5.32 Å². The molecule has 0 spiro atoms. The van der Waals surface area contributed by atoms with E-state index >= 15 is 0 Å². The van der Waals surface area contributed by atoms with Crippen molar-refractivity contribution in [2.45, 2.75) is 51.4 Å². The summed E-state index contributed by atoms with van der Waals surface area (Å²) in [6, 6.07) is 8.60. The van der Waals surface area contributed by atoms with Crippen molar-refractivity contribution in [1.29, 1.82) is 0 Å². The number of hydrogen-bond donors (Lipinski definition) is 2. The van der Waals surface area contributed by atoms with Crippen LogP contribution >= 0.6 is 0 Å². The molecule has 1 aromatic rings. The molecule has 1 fully saturated rings. The molecule has 26 heavy (non-hydrogen) atoms. The van der Waals surface area contributed by atoms with Crippen molar-refractivity contribution in [3.05, 3.63) is 46.3 Å².